The third-order valence-electron chi connectivity index (χ3n) is 2.57. The van der Waals surface area contributed by atoms with Crippen molar-refractivity contribution < 1.29 is 14.8 Å². The molecule has 0 atom stereocenters. The number of benzene rings is 1. The molecule has 10 heteroatoms. The van der Waals surface area contributed by atoms with Crippen LogP contribution in [0.3, 0.4) is 0 Å². The van der Waals surface area contributed by atoms with Crippen LogP contribution < -0.4 is 0 Å². The van der Waals surface area contributed by atoms with E-state index in [0.717, 1.165) is 11.8 Å². The van der Waals surface area contributed by atoms with Crippen molar-refractivity contribution in [1.29, 1.82) is 0 Å². The summed E-state index contributed by atoms with van der Waals surface area (Å²) >= 11 is 6.83. The maximum absolute atomic E-state index is 11.1. The molecule has 2 rings (SSSR count). The van der Waals surface area contributed by atoms with Gasteiger partial charge in [-0.3, -0.25) is 14.9 Å². The molecule has 0 unspecified atom stereocenters. The normalized spacial score (nSPS) is 10.6. The standard InChI is InChI=1S/C11H9ClN4O4S/c1-15-10(13-14-11(15)21-5-8(17)18)6-3-2-4-7(12)9(6)16(19)20/h2-4H,5H2,1H3,(H,17,18). The van der Waals surface area contributed by atoms with E-state index in [9.17, 15) is 14.9 Å². The summed E-state index contributed by atoms with van der Waals surface area (Å²) in [6.45, 7) is 0. The van der Waals surface area contributed by atoms with Gasteiger partial charge in [-0.15, -0.1) is 10.2 Å². The molecule has 0 bridgehead atoms. The number of nitro groups is 1. The van der Waals surface area contributed by atoms with Gasteiger partial charge in [0.25, 0.3) is 5.69 Å². The molecule has 110 valence electrons. The van der Waals surface area contributed by atoms with E-state index in [0.29, 0.717) is 5.16 Å². The molecule has 21 heavy (non-hydrogen) atoms. The highest BCUT2D eigenvalue weighted by Crippen LogP contribution is 2.35. The summed E-state index contributed by atoms with van der Waals surface area (Å²) in [4.78, 5) is 21.1. The van der Waals surface area contributed by atoms with E-state index >= 15 is 0 Å². The Morgan fingerprint density at radius 3 is 2.86 bits per heavy atom. The number of nitrogens with zero attached hydrogens (tertiary/aromatic N) is 4. The molecule has 0 radical (unpaired) electrons. The van der Waals surface area contributed by atoms with Gasteiger partial charge in [-0.1, -0.05) is 29.4 Å². The first-order chi connectivity index (χ1) is 9.91. The first kappa shape index (κ1) is 15.3. The van der Waals surface area contributed by atoms with Crippen molar-refractivity contribution in [3.63, 3.8) is 0 Å². The number of rotatable bonds is 5. The lowest BCUT2D eigenvalue weighted by molar-refractivity contribution is -0.384. The quantitative estimate of drug-likeness (QED) is 0.508. The van der Waals surface area contributed by atoms with Gasteiger partial charge in [-0.2, -0.15) is 0 Å². The number of hydrogen-bond acceptors (Lipinski definition) is 6. The molecule has 8 nitrogen and oxygen atoms in total. The van der Waals surface area contributed by atoms with Crippen molar-refractivity contribution in [2.24, 2.45) is 7.05 Å². The minimum absolute atomic E-state index is 0.000221. The Balaban J connectivity index is 2.46. The van der Waals surface area contributed by atoms with Crippen molar-refractivity contribution in [3.8, 4) is 11.4 Å². The van der Waals surface area contributed by atoms with Crippen LogP contribution in [0.25, 0.3) is 11.4 Å². The Bertz CT molecular complexity index is 718. The molecule has 1 heterocycles. The summed E-state index contributed by atoms with van der Waals surface area (Å²) in [6, 6.07) is 4.50. The molecule has 0 aliphatic rings. The molecule has 1 aromatic heterocycles. The van der Waals surface area contributed by atoms with Gasteiger partial charge in [0, 0.05) is 7.05 Å². The molecular formula is C11H9ClN4O4S. The van der Waals surface area contributed by atoms with E-state index in [-0.39, 0.29) is 27.9 Å². The van der Waals surface area contributed by atoms with Crippen molar-refractivity contribution in [2.45, 2.75) is 5.16 Å². The van der Waals surface area contributed by atoms with Gasteiger partial charge >= 0.3 is 5.97 Å². The minimum atomic E-state index is -0.988. The lowest BCUT2D eigenvalue weighted by Gasteiger charge is -2.05. The number of carbonyl (C=O) groups is 1. The molecule has 2 aromatic rings. The van der Waals surface area contributed by atoms with Gasteiger partial charge in [0.2, 0.25) is 0 Å². The second-order valence-corrected chi connectivity index (χ2v) is 5.29. The first-order valence-corrected chi connectivity index (χ1v) is 6.95. The zero-order valence-corrected chi connectivity index (χ0v) is 12.3. The minimum Gasteiger partial charge on any atom is -0.481 e. The Morgan fingerprint density at radius 1 is 1.52 bits per heavy atom. The molecule has 0 saturated carbocycles. The maximum Gasteiger partial charge on any atom is 0.313 e. The predicted molar refractivity (Wildman–Crippen MR) is 76.5 cm³/mol. The molecule has 1 aromatic carbocycles. The highest BCUT2D eigenvalue weighted by molar-refractivity contribution is 7.99. The SMILES string of the molecule is Cn1c(SCC(=O)O)nnc1-c1cccc(Cl)c1[N+](=O)[O-]. The van der Waals surface area contributed by atoms with Crippen molar-refractivity contribution >= 4 is 35.0 Å². The number of para-hydroxylation sites is 1. The number of aliphatic carboxylic acids is 1. The second-order valence-electron chi connectivity index (χ2n) is 3.94. The van der Waals surface area contributed by atoms with Crippen LogP contribution >= 0.6 is 23.4 Å². The molecule has 1 N–H and O–H groups in total. The third kappa shape index (κ3) is 3.14. The topological polar surface area (TPSA) is 111 Å². The predicted octanol–water partition coefficient (Wildman–Crippen LogP) is 2.22. The van der Waals surface area contributed by atoms with Crippen LogP contribution in [0.2, 0.25) is 5.02 Å². The van der Waals surface area contributed by atoms with E-state index in [4.69, 9.17) is 16.7 Å². The van der Waals surface area contributed by atoms with Gasteiger partial charge in [-0.05, 0) is 12.1 Å². The van der Waals surface area contributed by atoms with Gasteiger partial charge < -0.3 is 9.67 Å². The highest BCUT2D eigenvalue weighted by Gasteiger charge is 2.24. The monoisotopic (exact) mass is 328 g/mol. The summed E-state index contributed by atoms with van der Waals surface area (Å²) in [5.41, 5.74) is -0.0332. The average Bonchev–Trinajstić information content (AvgIpc) is 2.76. The number of aromatic nitrogens is 3. The smallest absolute Gasteiger partial charge is 0.313 e. The van der Waals surface area contributed by atoms with Gasteiger partial charge in [0.05, 0.1) is 16.2 Å². The van der Waals surface area contributed by atoms with Crippen LogP contribution in [0.15, 0.2) is 23.4 Å². The lowest BCUT2D eigenvalue weighted by Crippen LogP contribution is -2.02. The zero-order chi connectivity index (χ0) is 15.6. The van der Waals surface area contributed by atoms with Crippen molar-refractivity contribution in [1.82, 2.24) is 14.8 Å². The number of carboxylic acids is 1. The third-order valence-corrected chi connectivity index (χ3v) is 3.88. The number of thioether (sulfide) groups is 1. The molecule has 0 aliphatic carbocycles. The summed E-state index contributed by atoms with van der Waals surface area (Å²) in [7, 11) is 1.60. The second kappa shape index (κ2) is 6.10. The van der Waals surface area contributed by atoms with Crippen LogP contribution in [0.1, 0.15) is 0 Å². The van der Waals surface area contributed by atoms with Crippen LogP contribution in [-0.4, -0.2) is 36.5 Å². The van der Waals surface area contributed by atoms with E-state index in [1.807, 2.05) is 0 Å². The highest BCUT2D eigenvalue weighted by atomic mass is 35.5. The lowest BCUT2D eigenvalue weighted by atomic mass is 10.1. The summed E-state index contributed by atoms with van der Waals surface area (Å²) in [5, 5.41) is 27.9. The van der Waals surface area contributed by atoms with E-state index in [2.05, 4.69) is 10.2 Å². The molecular weight excluding hydrogens is 320 g/mol. The fraction of sp³-hybridized carbons (Fsp3) is 0.182. The number of halogens is 1. The fourth-order valence-corrected chi connectivity index (χ4v) is 2.56. The number of carboxylic acid groups (broad SMARTS) is 1. The van der Waals surface area contributed by atoms with Crippen LogP contribution in [0.4, 0.5) is 5.69 Å². The Morgan fingerprint density at radius 2 is 2.24 bits per heavy atom. The van der Waals surface area contributed by atoms with Crippen LogP contribution in [0, 0.1) is 10.1 Å². The first-order valence-electron chi connectivity index (χ1n) is 5.59. The maximum atomic E-state index is 11.1. The van der Waals surface area contributed by atoms with Gasteiger partial charge in [0.15, 0.2) is 11.0 Å². The average molecular weight is 329 g/mol. The Hall–Kier alpha value is -2.13. The largest absolute Gasteiger partial charge is 0.481 e. The summed E-state index contributed by atoms with van der Waals surface area (Å²) in [5.74, 6) is -0.917. The summed E-state index contributed by atoms with van der Waals surface area (Å²) < 4.78 is 1.49. The van der Waals surface area contributed by atoms with Crippen LogP contribution in [0.5, 0.6) is 0 Å². The number of hydrogen-bond donors (Lipinski definition) is 1. The van der Waals surface area contributed by atoms with E-state index < -0.39 is 10.9 Å². The van der Waals surface area contributed by atoms with Gasteiger partial charge in [-0.25, -0.2) is 0 Å². The molecule has 0 spiro atoms. The van der Waals surface area contributed by atoms with E-state index in [1.54, 1.807) is 13.1 Å². The van der Waals surface area contributed by atoms with Gasteiger partial charge in [0.1, 0.15) is 5.02 Å². The molecule has 0 fully saturated rings. The zero-order valence-electron chi connectivity index (χ0n) is 10.7. The fourth-order valence-electron chi connectivity index (χ4n) is 1.68. The molecule has 0 amide bonds. The van der Waals surface area contributed by atoms with Crippen molar-refractivity contribution in [3.05, 3.63) is 33.3 Å². The van der Waals surface area contributed by atoms with E-state index in [1.165, 1.54) is 16.7 Å². The molecule has 0 aliphatic heterocycles. The van der Waals surface area contributed by atoms with Crippen molar-refractivity contribution in [2.75, 3.05) is 5.75 Å². The van der Waals surface area contributed by atoms with Crippen LogP contribution in [-0.2, 0) is 11.8 Å². The summed E-state index contributed by atoms with van der Waals surface area (Å²) in [6.07, 6.45) is 0. The number of nitro benzene ring substituents is 1. The Kier molecular flexibility index (Phi) is 4.43. The molecule has 0 saturated heterocycles. The Labute approximate surface area is 127 Å².